The summed E-state index contributed by atoms with van der Waals surface area (Å²) in [7, 11) is -4.37. The average molecular weight is 647 g/mol. The maximum absolute atomic E-state index is 14.6. The van der Waals surface area contributed by atoms with Crippen LogP contribution in [0.25, 0.3) is 0 Å². The Morgan fingerprint density at radius 3 is 1.33 bits per heavy atom. The molecule has 1 aromatic carbocycles. The predicted octanol–water partition coefficient (Wildman–Crippen LogP) is 9.22. The summed E-state index contributed by atoms with van der Waals surface area (Å²) in [6.07, 6.45) is 16.4. The number of hydrogen-bond donors (Lipinski definition) is 0. The Morgan fingerprint density at radius 1 is 0.622 bits per heavy atom. The molecule has 0 unspecified atom stereocenters. The minimum Gasteiger partial charge on any atom is -0.459 e. The molecule has 0 bridgehead atoms. The fourth-order valence-corrected chi connectivity index (χ4v) is 8.87. The Bertz CT molecular complexity index is 1220. The Hall–Kier alpha value is -1.93. The van der Waals surface area contributed by atoms with E-state index < -0.39 is 45.3 Å². The molecule has 0 aliphatic heterocycles. The van der Waals surface area contributed by atoms with Crippen LogP contribution < -0.4 is 0 Å². The van der Waals surface area contributed by atoms with Gasteiger partial charge < -0.3 is 9.47 Å². The van der Waals surface area contributed by atoms with Gasteiger partial charge in [0.15, 0.2) is 5.41 Å². The van der Waals surface area contributed by atoms with E-state index in [0.717, 1.165) is 88.2 Å². The highest BCUT2D eigenvalue weighted by Crippen LogP contribution is 2.46. The molecule has 254 valence electrons. The van der Waals surface area contributed by atoms with E-state index in [1.54, 1.807) is 41.5 Å². The summed E-state index contributed by atoms with van der Waals surface area (Å²) in [5, 5.41) is 0. The number of esters is 2. The lowest BCUT2D eigenvalue weighted by atomic mass is 9.76. The van der Waals surface area contributed by atoms with Crippen LogP contribution in [0.3, 0.4) is 0 Å². The molecule has 7 nitrogen and oxygen atoms in total. The first-order valence-corrected chi connectivity index (χ1v) is 18.9. The summed E-state index contributed by atoms with van der Waals surface area (Å²) >= 11 is 0. The lowest BCUT2D eigenvalue weighted by molar-refractivity contribution is -0.185. The summed E-state index contributed by atoms with van der Waals surface area (Å²) < 4.78 is 46.3. The van der Waals surface area contributed by atoms with Crippen molar-refractivity contribution in [2.45, 2.75) is 179 Å². The molecule has 0 spiro atoms. The third kappa shape index (κ3) is 9.33. The van der Waals surface area contributed by atoms with Gasteiger partial charge in [0.2, 0.25) is 0 Å². The van der Waals surface area contributed by atoms with Crippen LogP contribution in [0.15, 0.2) is 17.0 Å². The standard InChI is InChI=1S/C37H58O7S/c1-35(2,3)43-33(38)37(7,34(39)44-36(4,5)6)25-42-45(40,41)32-30(27-19-13-9-14-20-27)23-29(26-17-11-8-12-18-26)24-31(32)28-21-15-10-16-22-28/h23-24,26-28H,8-22,25H2,1-7H3. The monoisotopic (exact) mass is 646 g/mol. The normalized spacial score (nSPS) is 20.2. The highest BCUT2D eigenvalue weighted by molar-refractivity contribution is 7.86. The van der Waals surface area contributed by atoms with Gasteiger partial charge in [-0.1, -0.05) is 69.9 Å². The van der Waals surface area contributed by atoms with Crippen LogP contribution in [-0.4, -0.2) is 38.2 Å². The van der Waals surface area contributed by atoms with Gasteiger partial charge in [-0.15, -0.1) is 0 Å². The van der Waals surface area contributed by atoms with E-state index in [1.165, 1.54) is 31.7 Å². The highest BCUT2D eigenvalue weighted by Gasteiger charge is 2.49. The van der Waals surface area contributed by atoms with Crippen LogP contribution in [0.5, 0.6) is 0 Å². The van der Waals surface area contributed by atoms with Gasteiger partial charge in [0.1, 0.15) is 16.1 Å². The summed E-state index contributed by atoms with van der Waals surface area (Å²) in [5.74, 6) is -1.01. The molecule has 0 atom stereocenters. The molecule has 0 amide bonds. The van der Waals surface area contributed by atoms with Crippen molar-refractivity contribution in [3.8, 4) is 0 Å². The van der Waals surface area contributed by atoms with Crippen molar-refractivity contribution in [2.24, 2.45) is 5.41 Å². The van der Waals surface area contributed by atoms with Crippen molar-refractivity contribution in [1.82, 2.24) is 0 Å². The molecule has 3 aliphatic rings. The zero-order chi connectivity index (χ0) is 33.0. The molecule has 3 aliphatic carbocycles. The van der Waals surface area contributed by atoms with Gasteiger partial charge in [-0.25, -0.2) is 0 Å². The second-order valence-corrected chi connectivity index (χ2v) is 17.6. The zero-order valence-electron chi connectivity index (χ0n) is 29.0. The molecule has 3 fully saturated rings. The Labute approximate surface area is 272 Å². The first-order valence-electron chi connectivity index (χ1n) is 17.5. The van der Waals surface area contributed by atoms with Crippen LogP contribution in [0.1, 0.15) is 179 Å². The van der Waals surface area contributed by atoms with Crippen LogP contribution in [0.4, 0.5) is 0 Å². The van der Waals surface area contributed by atoms with Gasteiger partial charge >= 0.3 is 11.9 Å². The molecule has 4 rings (SSSR count). The van der Waals surface area contributed by atoms with E-state index in [-0.39, 0.29) is 16.7 Å². The SMILES string of the molecule is CC(C)(C)OC(=O)C(C)(COS(=O)(=O)c1c(C2CCCCC2)cc(C2CCCCC2)cc1C1CCCCC1)C(=O)OC(C)(C)C. The van der Waals surface area contributed by atoms with Crippen LogP contribution in [-0.2, 0) is 33.4 Å². The van der Waals surface area contributed by atoms with E-state index in [4.69, 9.17) is 13.7 Å². The number of carbonyl (C=O) groups is 2. The van der Waals surface area contributed by atoms with Crippen LogP contribution >= 0.6 is 0 Å². The first-order chi connectivity index (χ1) is 21.0. The van der Waals surface area contributed by atoms with E-state index in [2.05, 4.69) is 12.1 Å². The number of benzene rings is 1. The Balaban J connectivity index is 1.80. The van der Waals surface area contributed by atoms with Crippen molar-refractivity contribution in [3.63, 3.8) is 0 Å². The van der Waals surface area contributed by atoms with Crippen molar-refractivity contribution >= 4 is 22.1 Å². The molecule has 1 aromatic rings. The maximum Gasteiger partial charge on any atom is 0.326 e. The second kappa shape index (κ2) is 14.5. The van der Waals surface area contributed by atoms with Crippen molar-refractivity contribution in [2.75, 3.05) is 6.61 Å². The van der Waals surface area contributed by atoms with Gasteiger partial charge in [0.05, 0.1) is 6.61 Å². The molecule has 0 N–H and O–H groups in total. The summed E-state index contributed by atoms with van der Waals surface area (Å²) in [5.41, 5.74) is -0.718. The highest BCUT2D eigenvalue weighted by atomic mass is 32.2. The maximum atomic E-state index is 14.6. The van der Waals surface area contributed by atoms with Gasteiger partial charge in [0, 0.05) is 0 Å². The molecule has 0 saturated heterocycles. The third-order valence-corrected chi connectivity index (χ3v) is 11.2. The van der Waals surface area contributed by atoms with Crippen LogP contribution in [0.2, 0.25) is 0 Å². The summed E-state index contributed by atoms with van der Waals surface area (Å²) in [6.45, 7) is 10.9. The largest absolute Gasteiger partial charge is 0.459 e. The van der Waals surface area contributed by atoms with E-state index in [9.17, 15) is 18.0 Å². The zero-order valence-corrected chi connectivity index (χ0v) is 29.8. The van der Waals surface area contributed by atoms with Gasteiger partial charge in [0.25, 0.3) is 10.1 Å². The van der Waals surface area contributed by atoms with Crippen molar-refractivity contribution in [3.05, 3.63) is 28.8 Å². The van der Waals surface area contributed by atoms with Gasteiger partial charge in [-0.3, -0.25) is 13.8 Å². The molecular weight excluding hydrogens is 588 g/mol. The number of ether oxygens (including phenoxy) is 2. The fourth-order valence-electron chi connectivity index (χ4n) is 7.33. The minimum absolute atomic E-state index is 0.140. The third-order valence-electron chi connectivity index (χ3n) is 9.79. The molecular formula is C37H58O7S. The minimum atomic E-state index is -4.37. The molecule has 45 heavy (non-hydrogen) atoms. The van der Waals surface area contributed by atoms with Crippen molar-refractivity contribution in [1.29, 1.82) is 0 Å². The molecule has 0 heterocycles. The van der Waals surface area contributed by atoms with E-state index >= 15 is 0 Å². The second-order valence-electron chi connectivity index (χ2n) is 16.1. The smallest absolute Gasteiger partial charge is 0.326 e. The lowest BCUT2D eigenvalue weighted by Crippen LogP contribution is -2.48. The van der Waals surface area contributed by atoms with Crippen molar-refractivity contribution < 1.29 is 31.7 Å². The average Bonchev–Trinajstić information content (AvgIpc) is 2.99. The molecule has 3 saturated carbocycles. The van der Waals surface area contributed by atoms with E-state index in [0.29, 0.717) is 5.92 Å². The Morgan fingerprint density at radius 2 is 0.978 bits per heavy atom. The van der Waals surface area contributed by atoms with Gasteiger partial charge in [-0.2, -0.15) is 8.42 Å². The van der Waals surface area contributed by atoms with E-state index in [1.807, 2.05) is 0 Å². The summed E-state index contributed by atoms with van der Waals surface area (Å²) in [4.78, 5) is 27.3. The molecule has 0 radical (unpaired) electrons. The fraction of sp³-hybridized carbons (Fsp3) is 0.784. The number of hydrogen-bond acceptors (Lipinski definition) is 7. The quantitative estimate of drug-likeness (QED) is 0.150. The number of carbonyl (C=O) groups excluding carboxylic acids is 2. The van der Waals surface area contributed by atoms with Gasteiger partial charge in [-0.05, 0) is 121 Å². The predicted molar refractivity (Wildman–Crippen MR) is 177 cm³/mol. The number of rotatable bonds is 9. The molecule has 0 aromatic heterocycles. The topological polar surface area (TPSA) is 96.0 Å². The first kappa shape index (κ1) is 35.9. The lowest BCUT2D eigenvalue weighted by Gasteiger charge is -2.33. The molecule has 8 heteroatoms. The Kier molecular flexibility index (Phi) is 11.5. The van der Waals surface area contributed by atoms with Crippen LogP contribution in [0, 0.1) is 5.41 Å². The summed E-state index contributed by atoms with van der Waals surface area (Å²) in [6, 6.07) is 4.38.